The monoisotopic (exact) mass is 463 g/mol. The summed E-state index contributed by atoms with van der Waals surface area (Å²) < 4.78 is 1.43. The second kappa shape index (κ2) is 8.11. The third kappa shape index (κ3) is 3.62. The van der Waals surface area contributed by atoms with Crippen LogP contribution in [0.1, 0.15) is 0 Å². The summed E-state index contributed by atoms with van der Waals surface area (Å²) in [5.74, 6) is 0.788. The summed E-state index contributed by atoms with van der Waals surface area (Å²) in [6.07, 6.45) is 5.05. The number of nitrogens with one attached hydrogen (secondary N) is 1. The molecule has 4 aromatic rings. The van der Waals surface area contributed by atoms with Gasteiger partial charge in [-0.25, -0.2) is 19.3 Å². The number of amides is 2. The van der Waals surface area contributed by atoms with Crippen molar-refractivity contribution in [2.24, 2.45) is 0 Å². The molecule has 2 amide bonds. The van der Waals surface area contributed by atoms with Crippen molar-refractivity contribution in [3.8, 4) is 17.2 Å². The second-order valence-corrected chi connectivity index (χ2v) is 7.93. The maximum atomic E-state index is 13.4. The van der Waals surface area contributed by atoms with Crippen molar-refractivity contribution in [2.45, 2.75) is 0 Å². The first-order valence-electron chi connectivity index (χ1n) is 9.70. The molecule has 2 aromatic heterocycles. The summed E-state index contributed by atoms with van der Waals surface area (Å²) in [5.41, 5.74) is 1.58. The lowest BCUT2D eigenvalue weighted by Crippen LogP contribution is -2.39. The fourth-order valence-corrected chi connectivity index (χ4v) is 3.78. The lowest BCUT2D eigenvalue weighted by atomic mass is 10.1. The molecular formula is C23H15Cl2N5O2. The Morgan fingerprint density at radius 2 is 1.72 bits per heavy atom. The molecule has 0 atom stereocenters. The van der Waals surface area contributed by atoms with E-state index >= 15 is 0 Å². The Morgan fingerprint density at radius 3 is 2.44 bits per heavy atom. The molecule has 0 unspecified atom stereocenters. The van der Waals surface area contributed by atoms with Gasteiger partial charge in [-0.1, -0.05) is 23.2 Å². The molecule has 9 heteroatoms. The number of hydrogen-bond donors (Lipinski definition) is 1. The molecule has 3 heterocycles. The molecule has 1 aliphatic rings. The largest absolute Gasteiger partial charge is 0.334 e. The zero-order chi connectivity index (χ0) is 22.2. The van der Waals surface area contributed by atoms with E-state index in [1.165, 1.54) is 15.7 Å². The number of benzene rings is 2. The molecule has 0 radical (unpaired) electrons. The first kappa shape index (κ1) is 20.2. The standard InChI is InChI=1S/C23H15Cl2N5O2/c24-15-4-8-19-18(12-15)22(31)30(20-9-5-16(25)13-27-20)21(28-19)14-2-6-17(7-3-14)29-11-1-10-26-23(29)32/h1-9,11-13H,10H2,(H,26,32). The minimum Gasteiger partial charge on any atom is -0.334 e. The zero-order valence-corrected chi connectivity index (χ0v) is 18.0. The van der Waals surface area contributed by atoms with Gasteiger partial charge in [0.1, 0.15) is 11.6 Å². The van der Waals surface area contributed by atoms with Gasteiger partial charge in [-0.2, -0.15) is 0 Å². The molecule has 1 N–H and O–H groups in total. The van der Waals surface area contributed by atoms with Gasteiger partial charge in [0.2, 0.25) is 0 Å². The van der Waals surface area contributed by atoms with Crippen molar-refractivity contribution < 1.29 is 4.79 Å². The third-order valence-electron chi connectivity index (χ3n) is 5.02. The maximum absolute atomic E-state index is 13.4. The molecule has 0 saturated heterocycles. The van der Waals surface area contributed by atoms with Gasteiger partial charge in [-0.15, -0.1) is 0 Å². The smallest absolute Gasteiger partial charge is 0.326 e. The van der Waals surface area contributed by atoms with Crippen molar-refractivity contribution in [3.63, 3.8) is 0 Å². The number of anilines is 1. The number of carbonyl (C=O) groups is 1. The van der Waals surface area contributed by atoms with Crippen LogP contribution in [0.15, 0.2) is 77.9 Å². The predicted octanol–water partition coefficient (Wildman–Crippen LogP) is 4.80. The van der Waals surface area contributed by atoms with Gasteiger partial charge in [-0.3, -0.25) is 9.69 Å². The van der Waals surface area contributed by atoms with Gasteiger partial charge in [-0.05, 0) is 60.7 Å². The summed E-state index contributed by atoms with van der Waals surface area (Å²) in [6, 6.07) is 15.3. The molecule has 1 aliphatic heterocycles. The summed E-state index contributed by atoms with van der Waals surface area (Å²) in [5, 5.41) is 4.03. The molecule has 32 heavy (non-hydrogen) atoms. The number of carbonyl (C=O) groups excluding carboxylic acids is 1. The topological polar surface area (TPSA) is 80.1 Å². The number of halogens is 2. The van der Waals surface area contributed by atoms with Crippen LogP contribution in [-0.4, -0.2) is 27.1 Å². The van der Waals surface area contributed by atoms with Crippen LogP contribution in [0.3, 0.4) is 0 Å². The Hall–Kier alpha value is -3.68. The fourth-order valence-electron chi connectivity index (χ4n) is 3.50. The molecule has 2 aromatic carbocycles. The number of urea groups is 1. The Kier molecular flexibility index (Phi) is 5.13. The highest BCUT2D eigenvalue weighted by atomic mass is 35.5. The predicted molar refractivity (Wildman–Crippen MR) is 126 cm³/mol. The van der Waals surface area contributed by atoms with Crippen LogP contribution < -0.4 is 15.8 Å². The highest BCUT2D eigenvalue weighted by molar-refractivity contribution is 6.31. The number of pyridine rings is 1. The van der Waals surface area contributed by atoms with Crippen LogP contribution in [0.4, 0.5) is 10.5 Å². The molecule has 0 fully saturated rings. The summed E-state index contributed by atoms with van der Waals surface area (Å²) >= 11 is 12.1. The van der Waals surface area contributed by atoms with Gasteiger partial charge < -0.3 is 5.32 Å². The summed E-state index contributed by atoms with van der Waals surface area (Å²) in [4.78, 5) is 36.1. The van der Waals surface area contributed by atoms with Crippen LogP contribution in [0.2, 0.25) is 10.0 Å². The van der Waals surface area contributed by atoms with E-state index in [2.05, 4.69) is 10.3 Å². The number of hydrogen-bond acceptors (Lipinski definition) is 4. The van der Waals surface area contributed by atoms with Crippen LogP contribution in [-0.2, 0) is 0 Å². The molecule has 5 rings (SSSR count). The summed E-state index contributed by atoms with van der Waals surface area (Å²) in [7, 11) is 0. The minimum atomic E-state index is -0.301. The van der Waals surface area contributed by atoms with E-state index in [0.29, 0.717) is 50.4 Å². The van der Waals surface area contributed by atoms with Crippen LogP contribution in [0, 0.1) is 0 Å². The number of nitrogens with zero attached hydrogens (tertiary/aromatic N) is 4. The van der Waals surface area contributed by atoms with E-state index < -0.39 is 0 Å². The second-order valence-electron chi connectivity index (χ2n) is 7.06. The van der Waals surface area contributed by atoms with Crippen molar-refractivity contribution in [3.05, 3.63) is 93.5 Å². The first-order chi connectivity index (χ1) is 15.5. The maximum Gasteiger partial charge on any atom is 0.326 e. The van der Waals surface area contributed by atoms with Crippen LogP contribution >= 0.6 is 23.2 Å². The van der Waals surface area contributed by atoms with Gasteiger partial charge in [0.05, 0.1) is 21.6 Å². The van der Waals surface area contributed by atoms with Gasteiger partial charge in [0.15, 0.2) is 0 Å². The van der Waals surface area contributed by atoms with E-state index in [1.54, 1.807) is 60.8 Å². The number of aromatic nitrogens is 3. The molecule has 0 saturated carbocycles. The average molecular weight is 464 g/mol. The van der Waals surface area contributed by atoms with E-state index in [0.717, 1.165) is 0 Å². The fraction of sp³-hybridized carbons (Fsp3) is 0.0435. The lowest BCUT2D eigenvalue weighted by molar-refractivity contribution is 0.248. The van der Waals surface area contributed by atoms with Gasteiger partial charge in [0.25, 0.3) is 5.56 Å². The first-order valence-corrected chi connectivity index (χ1v) is 10.5. The Bertz CT molecular complexity index is 1430. The molecule has 0 spiro atoms. The van der Waals surface area contributed by atoms with Crippen LogP contribution in [0.5, 0.6) is 0 Å². The normalized spacial score (nSPS) is 13.4. The Balaban J connectivity index is 1.70. The van der Waals surface area contributed by atoms with Crippen molar-refractivity contribution in [1.29, 1.82) is 0 Å². The number of rotatable bonds is 3. The lowest BCUT2D eigenvalue weighted by Gasteiger charge is -2.22. The van der Waals surface area contributed by atoms with Crippen molar-refractivity contribution >= 4 is 45.8 Å². The molecular weight excluding hydrogens is 449 g/mol. The van der Waals surface area contributed by atoms with E-state index in [9.17, 15) is 9.59 Å². The highest BCUT2D eigenvalue weighted by Gasteiger charge is 2.18. The molecule has 7 nitrogen and oxygen atoms in total. The zero-order valence-electron chi connectivity index (χ0n) is 16.5. The Labute approximate surface area is 192 Å². The number of fused-ring (bicyclic) bond motifs is 1. The van der Waals surface area contributed by atoms with E-state index in [4.69, 9.17) is 28.2 Å². The molecule has 0 aliphatic carbocycles. The van der Waals surface area contributed by atoms with Crippen molar-refractivity contribution in [1.82, 2.24) is 19.9 Å². The van der Waals surface area contributed by atoms with Crippen molar-refractivity contribution in [2.75, 3.05) is 11.4 Å². The molecule has 0 bridgehead atoms. The van der Waals surface area contributed by atoms with Gasteiger partial charge >= 0.3 is 6.03 Å². The highest BCUT2D eigenvalue weighted by Crippen LogP contribution is 2.26. The SMILES string of the molecule is O=C1NCC=CN1c1ccc(-c2nc3ccc(Cl)cc3c(=O)n2-c2ccc(Cl)cn2)cc1. The minimum absolute atomic E-state index is 0.205. The Morgan fingerprint density at radius 1 is 0.938 bits per heavy atom. The van der Waals surface area contributed by atoms with E-state index in [1.807, 2.05) is 6.08 Å². The summed E-state index contributed by atoms with van der Waals surface area (Å²) in [6.45, 7) is 0.499. The quantitative estimate of drug-likeness (QED) is 0.473. The third-order valence-corrected chi connectivity index (χ3v) is 5.48. The van der Waals surface area contributed by atoms with E-state index in [-0.39, 0.29) is 11.6 Å². The average Bonchev–Trinajstić information content (AvgIpc) is 2.81. The molecule has 158 valence electrons. The van der Waals surface area contributed by atoms with Crippen LogP contribution in [0.25, 0.3) is 28.1 Å². The van der Waals surface area contributed by atoms with Gasteiger partial charge in [0, 0.05) is 29.5 Å².